The zero-order valence-corrected chi connectivity index (χ0v) is 18.2. The van der Waals surface area contributed by atoms with Crippen molar-refractivity contribution < 1.29 is 4.79 Å². The average molecular weight is 459 g/mol. The number of nitriles is 1. The highest BCUT2D eigenvalue weighted by Crippen LogP contribution is 2.24. The van der Waals surface area contributed by atoms with Crippen LogP contribution in [0.5, 0.6) is 0 Å². The Hall–Kier alpha value is -4.29. The molecular formula is C23H19ClN8O. The lowest BCUT2D eigenvalue weighted by atomic mass is 10.1. The third-order valence-corrected chi connectivity index (χ3v) is 5.22. The van der Waals surface area contributed by atoms with Crippen LogP contribution in [0.1, 0.15) is 27.3 Å². The summed E-state index contributed by atoms with van der Waals surface area (Å²) in [7, 11) is 0. The normalized spacial score (nSPS) is 10.5. The van der Waals surface area contributed by atoms with Gasteiger partial charge in [0.05, 0.1) is 34.0 Å². The quantitative estimate of drug-likeness (QED) is 0.383. The van der Waals surface area contributed by atoms with E-state index >= 15 is 0 Å². The summed E-state index contributed by atoms with van der Waals surface area (Å²) in [4.78, 5) is 29.8. The molecule has 0 fully saturated rings. The summed E-state index contributed by atoms with van der Waals surface area (Å²) in [5.74, 6) is 0.152. The first-order valence-electron chi connectivity index (χ1n) is 10.1. The minimum atomic E-state index is -0.269. The van der Waals surface area contributed by atoms with E-state index in [2.05, 4.69) is 30.6 Å². The van der Waals surface area contributed by atoms with E-state index in [9.17, 15) is 10.1 Å². The fourth-order valence-electron chi connectivity index (χ4n) is 3.30. The molecule has 164 valence electrons. The van der Waals surface area contributed by atoms with E-state index in [1.54, 1.807) is 18.3 Å². The van der Waals surface area contributed by atoms with Crippen LogP contribution < -0.4 is 16.4 Å². The van der Waals surface area contributed by atoms with Gasteiger partial charge in [-0.25, -0.2) is 9.97 Å². The zero-order valence-electron chi connectivity index (χ0n) is 17.4. The second-order valence-electron chi connectivity index (χ2n) is 7.07. The molecule has 0 aliphatic heterocycles. The second kappa shape index (κ2) is 9.89. The molecule has 3 aromatic heterocycles. The van der Waals surface area contributed by atoms with Crippen LogP contribution in [0.3, 0.4) is 0 Å². The largest absolute Gasteiger partial charge is 0.382 e. The van der Waals surface area contributed by atoms with Crippen molar-refractivity contribution >= 4 is 40.0 Å². The van der Waals surface area contributed by atoms with Crippen LogP contribution in [0.2, 0.25) is 5.02 Å². The predicted molar refractivity (Wildman–Crippen MR) is 126 cm³/mol. The highest BCUT2D eigenvalue weighted by atomic mass is 35.5. The van der Waals surface area contributed by atoms with Gasteiger partial charge in [-0.15, -0.1) is 0 Å². The number of aromatic nitrogens is 4. The number of hydrogen-bond donors (Lipinski definition) is 3. The Balaban J connectivity index is 1.59. The number of para-hydroxylation sites is 1. The number of anilines is 2. The van der Waals surface area contributed by atoms with Crippen molar-refractivity contribution in [2.75, 3.05) is 17.6 Å². The molecule has 9 nitrogen and oxygen atoms in total. The Morgan fingerprint density at radius 1 is 1.15 bits per heavy atom. The Kier molecular flexibility index (Phi) is 6.57. The van der Waals surface area contributed by atoms with Gasteiger partial charge in [0, 0.05) is 24.5 Å². The van der Waals surface area contributed by atoms with Crippen LogP contribution in [0.25, 0.3) is 10.9 Å². The molecule has 0 saturated heterocycles. The minimum absolute atomic E-state index is 0.0974. The van der Waals surface area contributed by atoms with E-state index in [4.69, 9.17) is 17.3 Å². The Morgan fingerprint density at radius 3 is 2.82 bits per heavy atom. The number of pyridine rings is 2. The number of amides is 1. The van der Waals surface area contributed by atoms with Crippen LogP contribution in [0.15, 0.2) is 55.0 Å². The molecule has 0 saturated carbocycles. The van der Waals surface area contributed by atoms with E-state index in [1.165, 1.54) is 6.33 Å². The number of hydrogen-bond acceptors (Lipinski definition) is 8. The van der Waals surface area contributed by atoms with Gasteiger partial charge in [0.25, 0.3) is 5.91 Å². The van der Waals surface area contributed by atoms with E-state index in [0.29, 0.717) is 40.6 Å². The SMILES string of the molecule is N#Cc1c(N)ncnc1NCCc1nc2c(Cl)cccc2cc1C(=O)NCc1ccccn1. The minimum Gasteiger partial charge on any atom is -0.382 e. The summed E-state index contributed by atoms with van der Waals surface area (Å²) in [6, 6.07) is 14.7. The standard InChI is InChI=1S/C23H19ClN8O/c24-18-6-3-4-14-10-16(23(33)29-12-15-5-1-2-8-27-15)19(32-20(14)18)7-9-28-22-17(11-25)21(26)30-13-31-22/h1-6,8,10,13H,7,9,12H2,(H,29,33)(H3,26,28,30,31). The van der Waals surface area contributed by atoms with Gasteiger partial charge in [0.2, 0.25) is 0 Å². The van der Waals surface area contributed by atoms with Crippen LogP contribution in [0.4, 0.5) is 11.6 Å². The molecule has 1 amide bonds. The lowest BCUT2D eigenvalue weighted by Gasteiger charge is -2.13. The van der Waals surface area contributed by atoms with Gasteiger partial charge in [-0.3, -0.25) is 14.8 Å². The van der Waals surface area contributed by atoms with Gasteiger partial charge in [-0.2, -0.15) is 5.26 Å². The second-order valence-corrected chi connectivity index (χ2v) is 7.48. The van der Waals surface area contributed by atoms with Crippen molar-refractivity contribution in [3.63, 3.8) is 0 Å². The molecule has 0 bridgehead atoms. The summed E-state index contributed by atoms with van der Waals surface area (Å²) in [5.41, 5.74) is 8.26. The molecule has 0 aliphatic carbocycles. The zero-order chi connectivity index (χ0) is 23.2. The lowest BCUT2D eigenvalue weighted by Crippen LogP contribution is -2.25. The van der Waals surface area contributed by atoms with Gasteiger partial charge in [-0.05, 0) is 24.3 Å². The average Bonchev–Trinajstić information content (AvgIpc) is 2.83. The maximum Gasteiger partial charge on any atom is 0.253 e. The van der Waals surface area contributed by atoms with Crippen molar-refractivity contribution in [1.29, 1.82) is 5.26 Å². The first-order valence-corrected chi connectivity index (χ1v) is 10.5. The van der Waals surface area contributed by atoms with Crippen molar-refractivity contribution in [3.05, 3.63) is 82.5 Å². The topological polar surface area (TPSA) is 142 Å². The summed E-state index contributed by atoms with van der Waals surface area (Å²) >= 11 is 6.34. The number of nitrogens with zero attached hydrogens (tertiary/aromatic N) is 5. The molecule has 1 aromatic carbocycles. The molecule has 0 unspecified atom stereocenters. The smallest absolute Gasteiger partial charge is 0.253 e. The van der Waals surface area contributed by atoms with Gasteiger partial charge in [0.15, 0.2) is 0 Å². The Labute approximate surface area is 194 Å². The molecule has 3 heterocycles. The maximum atomic E-state index is 13.0. The number of carbonyl (C=O) groups is 1. The lowest BCUT2D eigenvalue weighted by molar-refractivity contribution is 0.0949. The van der Waals surface area contributed by atoms with Gasteiger partial charge >= 0.3 is 0 Å². The number of halogens is 1. The predicted octanol–water partition coefficient (Wildman–Crippen LogP) is 3.11. The van der Waals surface area contributed by atoms with Crippen molar-refractivity contribution in [3.8, 4) is 6.07 Å². The summed E-state index contributed by atoms with van der Waals surface area (Å²) in [6.45, 7) is 0.644. The van der Waals surface area contributed by atoms with E-state index in [1.807, 2.05) is 36.4 Å². The molecular weight excluding hydrogens is 440 g/mol. The summed E-state index contributed by atoms with van der Waals surface area (Å²) in [5, 5.41) is 16.5. The van der Waals surface area contributed by atoms with Gasteiger partial charge < -0.3 is 16.4 Å². The fraction of sp³-hybridized carbons (Fsp3) is 0.130. The van der Waals surface area contributed by atoms with E-state index in [-0.39, 0.29) is 23.8 Å². The maximum absolute atomic E-state index is 13.0. The van der Waals surface area contributed by atoms with Crippen molar-refractivity contribution in [1.82, 2.24) is 25.3 Å². The molecule has 0 radical (unpaired) electrons. The molecule has 10 heteroatoms. The van der Waals surface area contributed by atoms with E-state index in [0.717, 1.165) is 11.1 Å². The van der Waals surface area contributed by atoms with Crippen LogP contribution in [0, 0.1) is 11.3 Å². The fourth-order valence-corrected chi connectivity index (χ4v) is 3.52. The summed E-state index contributed by atoms with van der Waals surface area (Å²) in [6.07, 6.45) is 3.33. The van der Waals surface area contributed by atoms with E-state index < -0.39 is 0 Å². The van der Waals surface area contributed by atoms with Crippen LogP contribution in [-0.4, -0.2) is 32.4 Å². The number of benzene rings is 1. The first-order chi connectivity index (χ1) is 16.1. The first kappa shape index (κ1) is 21.9. The third-order valence-electron chi connectivity index (χ3n) is 4.92. The Bertz CT molecular complexity index is 1350. The molecule has 0 aliphatic rings. The number of carbonyl (C=O) groups excluding carboxylic acids is 1. The van der Waals surface area contributed by atoms with Gasteiger partial charge in [-0.1, -0.05) is 29.8 Å². The number of nitrogens with one attached hydrogen (secondary N) is 2. The van der Waals surface area contributed by atoms with Gasteiger partial charge in [0.1, 0.15) is 29.6 Å². The highest BCUT2D eigenvalue weighted by molar-refractivity contribution is 6.35. The number of nitrogens with two attached hydrogens (primary N) is 1. The number of rotatable bonds is 7. The molecule has 33 heavy (non-hydrogen) atoms. The number of nitrogen functional groups attached to an aromatic ring is 1. The van der Waals surface area contributed by atoms with Crippen LogP contribution in [-0.2, 0) is 13.0 Å². The molecule has 4 rings (SSSR count). The van der Waals surface area contributed by atoms with Crippen molar-refractivity contribution in [2.24, 2.45) is 0 Å². The monoisotopic (exact) mass is 458 g/mol. The van der Waals surface area contributed by atoms with Crippen LogP contribution >= 0.6 is 11.6 Å². The molecule has 4 N–H and O–H groups in total. The molecule has 4 aromatic rings. The third kappa shape index (κ3) is 4.97. The highest BCUT2D eigenvalue weighted by Gasteiger charge is 2.16. The van der Waals surface area contributed by atoms with Crippen molar-refractivity contribution in [2.45, 2.75) is 13.0 Å². The Morgan fingerprint density at radius 2 is 2.03 bits per heavy atom. The number of fused-ring (bicyclic) bond motifs is 1. The molecule has 0 spiro atoms. The summed E-state index contributed by atoms with van der Waals surface area (Å²) < 4.78 is 0. The molecule has 0 atom stereocenters.